The Kier molecular flexibility index (Phi) is 7.56. The molecule has 0 atom stereocenters. The first-order chi connectivity index (χ1) is 17.2. The van der Waals surface area contributed by atoms with Crippen molar-refractivity contribution in [3.05, 3.63) is 75.8 Å². The number of thiocarbonyl (C=S) groups is 1. The van der Waals surface area contributed by atoms with Crippen molar-refractivity contribution < 1.29 is 4.79 Å². The first-order valence-electron chi connectivity index (χ1n) is 11.8. The molecule has 0 unspecified atom stereocenters. The molecule has 1 amide bonds. The molecule has 0 radical (unpaired) electrons. The number of benzene rings is 3. The van der Waals surface area contributed by atoms with E-state index in [1.165, 1.54) is 5.69 Å². The van der Waals surface area contributed by atoms with Gasteiger partial charge in [0.25, 0.3) is 5.91 Å². The zero-order chi connectivity index (χ0) is 26.0. The lowest BCUT2D eigenvalue weighted by Crippen LogP contribution is -2.34. The number of nitrogens with zero attached hydrogens (tertiary/aromatic N) is 4. The molecule has 0 fully saturated rings. The van der Waals surface area contributed by atoms with Gasteiger partial charge in [-0.05, 0) is 106 Å². The molecule has 36 heavy (non-hydrogen) atoms. The fourth-order valence-electron chi connectivity index (χ4n) is 4.09. The van der Waals surface area contributed by atoms with Gasteiger partial charge in [0, 0.05) is 24.5 Å². The lowest BCUT2D eigenvalue weighted by Gasteiger charge is -2.22. The molecule has 1 heterocycles. The molecule has 4 rings (SSSR count). The van der Waals surface area contributed by atoms with Crippen LogP contribution >= 0.6 is 23.8 Å². The number of hydrogen-bond acceptors (Lipinski definition) is 5. The third kappa shape index (κ3) is 5.34. The normalized spacial score (nSPS) is 10.9. The van der Waals surface area contributed by atoms with E-state index in [-0.39, 0.29) is 11.0 Å². The van der Waals surface area contributed by atoms with Gasteiger partial charge < -0.3 is 10.2 Å². The minimum atomic E-state index is -0.370. The number of aryl methyl sites for hydroxylation is 3. The molecular formula is C27H29ClN6OS. The average molecular weight is 521 g/mol. The van der Waals surface area contributed by atoms with E-state index in [9.17, 15) is 4.79 Å². The van der Waals surface area contributed by atoms with Crippen molar-refractivity contribution in [1.82, 2.24) is 20.3 Å². The average Bonchev–Trinajstić information content (AvgIpc) is 3.22. The lowest BCUT2D eigenvalue weighted by atomic mass is 10.1. The Bertz CT molecular complexity index is 1460. The van der Waals surface area contributed by atoms with Gasteiger partial charge in [-0.3, -0.25) is 10.1 Å². The van der Waals surface area contributed by atoms with Gasteiger partial charge in [0.15, 0.2) is 5.11 Å². The molecule has 9 heteroatoms. The summed E-state index contributed by atoms with van der Waals surface area (Å²) in [7, 11) is 0. The Morgan fingerprint density at radius 2 is 1.67 bits per heavy atom. The molecular weight excluding hydrogens is 492 g/mol. The number of hydrogen-bond donors (Lipinski definition) is 2. The predicted octanol–water partition coefficient (Wildman–Crippen LogP) is 5.97. The molecule has 0 aliphatic carbocycles. The van der Waals surface area contributed by atoms with E-state index >= 15 is 0 Å². The van der Waals surface area contributed by atoms with Gasteiger partial charge >= 0.3 is 0 Å². The zero-order valence-electron chi connectivity index (χ0n) is 21.0. The van der Waals surface area contributed by atoms with Crippen LogP contribution in [0.2, 0.25) is 5.02 Å². The first kappa shape index (κ1) is 25.6. The molecule has 186 valence electrons. The second-order valence-electron chi connectivity index (χ2n) is 8.68. The minimum absolute atomic E-state index is 0.175. The highest BCUT2D eigenvalue weighted by Crippen LogP contribution is 2.25. The number of fused-ring (bicyclic) bond motifs is 1. The number of amides is 1. The summed E-state index contributed by atoms with van der Waals surface area (Å²) in [5.74, 6) is -0.370. The summed E-state index contributed by atoms with van der Waals surface area (Å²) < 4.78 is 0. The van der Waals surface area contributed by atoms with E-state index in [0.717, 1.165) is 46.7 Å². The van der Waals surface area contributed by atoms with Crippen LogP contribution in [0.15, 0.2) is 48.5 Å². The number of nitrogens with one attached hydrogen (secondary N) is 2. The molecule has 3 aromatic carbocycles. The van der Waals surface area contributed by atoms with Gasteiger partial charge in [-0.25, -0.2) is 0 Å². The van der Waals surface area contributed by atoms with Gasteiger partial charge in [-0.2, -0.15) is 4.80 Å². The number of halogens is 1. The molecule has 1 aromatic heterocycles. The Morgan fingerprint density at radius 3 is 2.31 bits per heavy atom. The highest BCUT2D eigenvalue weighted by atomic mass is 35.5. The topological polar surface area (TPSA) is 75.1 Å². The van der Waals surface area contributed by atoms with Crippen LogP contribution in [0.3, 0.4) is 0 Å². The summed E-state index contributed by atoms with van der Waals surface area (Å²) in [6.45, 7) is 12.1. The van der Waals surface area contributed by atoms with Crippen LogP contribution in [0.1, 0.15) is 40.9 Å². The minimum Gasteiger partial charge on any atom is -0.372 e. The Balaban J connectivity index is 1.54. The quantitative estimate of drug-likeness (QED) is 0.305. The molecule has 0 bridgehead atoms. The maximum Gasteiger partial charge on any atom is 0.258 e. The number of carbonyl (C=O) groups excluding carboxylic acids is 1. The van der Waals surface area contributed by atoms with Gasteiger partial charge in [0.05, 0.1) is 16.3 Å². The second-order valence-corrected chi connectivity index (χ2v) is 9.50. The summed E-state index contributed by atoms with van der Waals surface area (Å²) >= 11 is 11.6. The summed E-state index contributed by atoms with van der Waals surface area (Å²) in [5.41, 5.74) is 7.69. The van der Waals surface area contributed by atoms with Crippen molar-refractivity contribution in [2.75, 3.05) is 23.3 Å². The molecule has 7 nitrogen and oxygen atoms in total. The number of aromatic nitrogens is 3. The van der Waals surface area contributed by atoms with Crippen LogP contribution in [0, 0.1) is 20.8 Å². The molecule has 0 spiro atoms. The molecule has 0 aliphatic rings. The maximum absolute atomic E-state index is 12.6. The van der Waals surface area contributed by atoms with Crippen molar-refractivity contribution in [3.63, 3.8) is 0 Å². The van der Waals surface area contributed by atoms with Crippen molar-refractivity contribution in [1.29, 1.82) is 0 Å². The van der Waals surface area contributed by atoms with E-state index in [0.29, 0.717) is 16.1 Å². The lowest BCUT2D eigenvalue weighted by molar-refractivity contribution is 0.0978. The number of rotatable bonds is 6. The highest BCUT2D eigenvalue weighted by Gasteiger charge is 2.15. The fraction of sp³-hybridized carbons (Fsp3) is 0.259. The smallest absolute Gasteiger partial charge is 0.258 e. The number of carbonyl (C=O) groups is 1. The third-order valence-electron chi connectivity index (χ3n) is 6.10. The number of anilines is 2. The summed E-state index contributed by atoms with van der Waals surface area (Å²) in [4.78, 5) is 16.6. The monoisotopic (exact) mass is 520 g/mol. The fourth-order valence-corrected chi connectivity index (χ4v) is 4.61. The Hall–Kier alpha value is -3.49. The van der Waals surface area contributed by atoms with Gasteiger partial charge in [-0.15, -0.1) is 10.2 Å². The third-order valence-corrected chi connectivity index (χ3v) is 6.61. The van der Waals surface area contributed by atoms with E-state index in [1.807, 2.05) is 32.0 Å². The van der Waals surface area contributed by atoms with Gasteiger partial charge in [0.2, 0.25) is 0 Å². The molecule has 2 N–H and O–H groups in total. The van der Waals surface area contributed by atoms with Crippen molar-refractivity contribution >= 4 is 57.2 Å². The van der Waals surface area contributed by atoms with E-state index < -0.39 is 0 Å². The highest BCUT2D eigenvalue weighted by molar-refractivity contribution is 7.80. The molecule has 0 saturated carbocycles. The van der Waals surface area contributed by atoms with Crippen molar-refractivity contribution in [2.24, 2.45) is 0 Å². The SMILES string of the molecule is CCN(CC)c1ccc(-n2nc3cc(C)c(NC(=S)NC(=O)c4ccc(C)cc4Cl)cc3n2)c(C)c1. The zero-order valence-corrected chi connectivity index (χ0v) is 22.6. The molecule has 4 aromatic rings. The Labute approximate surface area is 221 Å². The summed E-state index contributed by atoms with van der Waals surface area (Å²) in [5, 5.41) is 15.7. The predicted molar refractivity (Wildman–Crippen MR) is 152 cm³/mol. The van der Waals surface area contributed by atoms with Crippen LogP contribution in [0.25, 0.3) is 16.7 Å². The second kappa shape index (κ2) is 10.6. The van der Waals surface area contributed by atoms with Gasteiger partial charge in [0.1, 0.15) is 11.0 Å². The Morgan fingerprint density at radius 1 is 0.972 bits per heavy atom. The molecule has 0 aliphatic heterocycles. The summed E-state index contributed by atoms with van der Waals surface area (Å²) in [6, 6.07) is 15.4. The van der Waals surface area contributed by atoms with Crippen LogP contribution < -0.4 is 15.5 Å². The van der Waals surface area contributed by atoms with Crippen LogP contribution in [-0.2, 0) is 0 Å². The molecule has 0 saturated heterocycles. The van der Waals surface area contributed by atoms with Crippen LogP contribution in [-0.4, -0.2) is 39.1 Å². The van der Waals surface area contributed by atoms with Crippen LogP contribution in [0.5, 0.6) is 0 Å². The standard InChI is InChI=1S/C27H29ClN6OS/c1-6-33(7-2)19-9-11-25(18(5)13-19)34-31-23-14-17(4)22(15-24(23)32-34)29-27(36)30-26(35)20-10-8-16(3)12-21(20)28/h8-15H,6-7H2,1-5H3,(H2,29,30,35,36). The van der Waals surface area contributed by atoms with E-state index in [1.54, 1.807) is 16.9 Å². The van der Waals surface area contributed by atoms with Gasteiger partial charge in [-0.1, -0.05) is 17.7 Å². The maximum atomic E-state index is 12.6. The van der Waals surface area contributed by atoms with E-state index in [2.05, 4.69) is 54.5 Å². The first-order valence-corrected chi connectivity index (χ1v) is 12.6. The summed E-state index contributed by atoms with van der Waals surface area (Å²) in [6.07, 6.45) is 0. The van der Waals surface area contributed by atoms with Crippen molar-refractivity contribution in [3.8, 4) is 5.69 Å². The van der Waals surface area contributed by atoms with Crippen LogP contribution in [0.4, 0.5) is 11.4 Å². The van der Waals surface area contributed by atoms with Crippen molar-refractivity contribution in [2.45, 2.75) is 34.6 Å². The van der Waals surface area contributed by atoms with E-state index in [4.69, 9.17) is 34.0 Å². The largest absolute Gasteiger partial charge is 0.372 e.